The summed E-state index contributed by atoms with van der Waals surface area (Å²) in [4.78, 5) is 13.9. The second kappa shape index (κ2) is 8.15. The highest BCUT2D eigenvalue weighted by Gasteiger charge is 2.44. The van der Waals surface area contributed by atoms with E-state index in [1.165, 1.54) is 0 Å². The third-order valence-corrected chi connectivity index (χ3v) is 4.33. The number of nitrogens with zero attached hydrogens (tertiary/aromatic N) is 1. The fourth-order valence-electron chi connectivity index (χ4n) is 3.03. The van der Waals surface area contributed by atoms with Gasteiger partial charge in [0.2, 0.25) is 0 Å². The van der Waals surface area contributed by atoms with Crippen molar-refractivity contribution < 1.29 is 18.7 Å². The van der Waals surface area contributed by atoms with E-state index in [1.807, 2.05) is 63.1 Å². The van der Waals surface area contributed by atoms with Gasteiger partial charge in [-0.05, 0) is 33.4 Å². The fourth-order valence-corrected chi connectivity index (χ4v) is 3.03. The van der Waals surface area contributed by atoms with E-state index in [9.17, 15) is 9.18 Å². The minimum Gasteiger partial charge on any atom is -0.444 e. The molecule has 0 aromatic heterocycles. The summed E-state index contributed by atoms with van der Waals surface area (Å²) in [5.74, 6) is 0. The predicted octanol–water partition coefficient (Wildman–Crippen LogP) is 3.14. The number of ether oxygens (including phenoxy) is 2. The summed E-state index contributed by atoms with van der Waals surface area (Å²) in [7, 11) is 1.86. The number of amides is 1. The van der Waals surface area contributed by atoms with E-state index in [1.54, 1.807) is 0 Å². The lowest BCUT2D eigenvalue weighted by Gasteiger charge is -2.36. The Morgan fingerprint density at radius 2 is 2.04 bits per heavy atom. The number of likely N-dealkylation sites (tertiary alicyclic amines) is 1. The molecule has 0 aliphatic carbocycles. The molecule has 1 amide bonds. The minimum absolute atomic E-state index is 0.285. The predicted molar refractivity (Wildman–Crippen MR) is 95.2 cm³/mol. The number of carbonyl (C=O) groups is 1. The van der Waals surface area contributed by atoms with Crippen molar-refractivity contribution in [2.24, 2.45) is 0 Å². The van der Waals surface area contributed by atoms with Crippen LogP contribution in [0.3, 0.4) is 0 Å². The molecule has 1 saturated heterocycles. The van der Waals surface area contributed by atoms with E-state index in [0.717, 1.165) is 5.56 Å². The van der Waals surface area contributed by atoms with E-state index in [-0.39, 0.29) is 6.54 Å². The Balaban J connectivity index is 1.94. The van der Waals surface area contributed by atoms with Crippen LogP contribution in [-0.4, -0.2) is 55.0 Å². The molecule has 0 radical (unpaired) electrons. The molecule has 1 unspecified atom stereocenters. The number of rotatable bonds is 6. The van der Waals surface area contributed by atoms with Crippen molar-refractivity contribution in [2.45, 2.75) is 51.1 Å². The first-order chi connectivity index (χ1) is 11.7. The molecule has 1 heterocycles. The summed E-state index contributed by atoms with van der Waals surface area (Å²) in [6.07, 6.45) is -1.09. The zero-order valence-electron chi connectivity index (χ0n) is 15.5. The zero-order valence-corrected chi connectivity index (χ0v) is 15.5. The van der Waals surface area contributed by atoms with Gasteiger partial charge in [-0.3, -0.25) is 4.90 Å². The third-order valence-electron chi connectivity index (χ3n) is 4.33. The molecule has 1 fully saturated rings. The quantitative estimate of drug-likeness (QED) is 0.855. The van der Waals surface area contributed by atoms with Gasteiger partial charge in [0.25, 0.3) is 0 Å². The molecule has 1 aliphatic rings. The number of likely N-dealkylation sites (N-methyl/N-ethyl adjacent to an activating group) is 1. The van der Waals surface area contributed by atoms with Crippen LogP contribution >= 0.6 is 0 Å². The summed E-state index contributed by atoms with van der Waals surface area (Å²) >= 11 is 0. The van der Waals surface area contributed by atoms with Gasteiger partial charge in [-0.25, -0.2) is 9.18 Å². The van der Waals surface area contributed by atoms with E-state index < -0.39 is 23.4 Å². The molecule has 0 spiro atoms. The Bertz CT molecular complexity index is 562. The van der Waals surface area contributed by atoms with Crippen LogP contribution in [0.15, 0.2) is 30.3 Å². The van der Waals surface area contributed by atoms with Gasteiger partial charge in [0, 0.05) is 19.5 Å². The van der Waals surface area contributed by atoms with Crippen molar-refractivity contribution >= 4 is 6.09 Å². The van der Waals surface area contributed by atoms with Crippen LogP contribution < -0.4 is 5.32 Å². The highest BCUT2D eigenvalue weighted by molar-refractivity contribution is 5.67. The van der Waals surface area contributed by atoms with Gasteiger partial charge < -0.3 is 14.8 Å². The Kier molecular flexibility index (Phi) is 6.41. The maximum absolute atomic E-state index is 14.0. The Labute approximate surface area is 149 Å². The SMILES string of the molecule is CN1C[C@H](F)CC1(CNC(=O)OC(C)(C)C)COCc1ccccc1. The minimum atomic E-state index is -0.925. The highest BCUT2D eigenvalue weighted by Crippen LogP contribution is 2.30. The number of alkyl carbamates (subject to hydrolysis) is 1. The topological polar surface area (TPSA) is 50.8 Å². The molecule has 140 valence electrons. The lowest BCUT2D eigenvalue weighted by atomic mass is 9.97. The fraction of sp³-hybridized carbons (Fsp3) is 0.632. The van der Waals surface area contributed by atoms with Gasteiger partial charge in [-0.15, -0.1) is 0 Å². The van der Waals surface area contributed by atoms with Crippen molar-refractivity contribution in [3.8, 4) is 0 Å². The van der Waals surface area contributed by atoms with Crippen molar-refractivity contribution in [3.63, 3.8) is 0 Å². The molecule has 2 rings (SSSR count). The normalized spacial score (nSPS) is 24.3. The summed E-state index contributed by atoms with van der Waals surface area (Å²) in [5, 5.41) is 2.77. The molecule has 1 aromatic carbocycles. The number of hydrogen-bond acceptors (Lipinski definition) is 4. The number of benzene rings is 1. The van der Waals surface area contributed by atoms with E-state index >= 15 is 0 Å². The first kappa shape index (κ1) is 19.7. The molecular weight excluding hydrogens is 323 g/mol. The van der Waals surface area contributed by atoms with Crippen LogP contribution in [0, 0.1) is 0 Å². The number of halogens is 1. The largest absolute Gasteiger partial charge is 0.444 e. The average molecular weight is 352 g/mol. The summed E-state index contributed by atoms with van der Waals surface area (Å²) < 4.78 is 25.1. The molecule has 0 bridgehead atoms. The van der Waals surface area contributed by atoms with Crippen LogP contribution in [0.25, 0.3) is 0 Å². The van der Waals surface area contributed by atoms with Crippen molar-refractivity contribution in [1.29, 1.82) is 0 Å². The monoisotopic (exact) mass is 352 g/mol. The third kappa shape index (κ3) is 5.97. The van der Waals surface area contributed by atoms with Gasteiger partial charge >= 0.3 is 6.09 Å². The smallest absolute Gasteiger partial charge is 0.407 e. The standard InChI is InChI=1S/C19H29FN2O3/c1-18(2,3)25-17(23)21-13-19(10-16(20)11-22(19)4)14-24-12-15-8-6-5-7-9-15/h5-9,16H,10-14H2,1-4H3,(H,21,23)/t16-,19?/m1/s1. The van der Waals surface area contributed by atoms with Gasteiger partial charge in [0.1, 0.15) is 11.8 Å². The number of nitrogens with one attached hydrogen (secondary N) is 1. The van der Waals surface area contributed by atoms with Crippen LogP contribution in [0.4, 0.5) is 9.18 Å². The molecule has 6 heteroatoms. The van der Waals surface area contributed by atoms with E-state index in [4.69, 9.17) is 9.47 Å². The Morgan fingerprint density at radius 3 is 2.60 bits per heavy atom. The summed E-state index contributed by atoms with van der Waals surface area (Å²) in [6.45, 7) is 6.85. The van der Waals surface area contributed by atoms with Crippen LogP contribution in [0.2, 0.25) is 0 Å². The lowest BCUT2D eigenvalue weighted by Crippen LogP contribution is -2.54. The zero-order chi connectivity index (χ0) is 18.5. The molecule has 2 atom stereocenters. The van der Waals surface area contributed by atoms with Crippen molar-refractivity contribution in [3.05, 3.63) is 35.9 Å². The molecule has 1 N–H and O–H groups in total. The number of hydrogen-bond donors (Lipinski definition) is 1. The Morgan fingerprint density at radius 1 is 1.36 bits per heavy atom. The molecule has 0 saturated carbocycles. The van der Waals surface area contributed by atoms with Crippen LogP contribution in [0.5, 0.6) is 0 Å². The van der Waals surface area contributed by atoms with Crippen LogP contribution in [0.1, 0.15) is 32.8 Å². The van der Waals surface area contributed by atoms with Gasteiger partial charge in [0.05, 0.1) is 18.8 Å². The number of carbonyl (C=O) groups excluding carboxylic acids is 1. The second-order valence-corrected chi connectivity index (χ2v) is 7.74. The molecule has 5 nitrogen and oxygen atoms in total. The molecule has 25 heavy (non-hydrogen) atoms. The highest BCUT2D eigenvalue weighted by atomic mass is 19.1. The van der Waals surface area contributed by atoms with Gasteiger partial charge in [-0.2, -0.15) is 0 Å². The molecular formula is C19H29FN2O3. The van der Waals surface area contributed by atoms with Crippen molar-refractivity contribution in [2.75, 3.05) is 26.7 Å². The number of alkyl halides is 1. The van der Waals surface area contributed by atoms with Crippen LogP contribution in [-0.2, 0) is 16.1 Å². The second-order valence-electron chi connectivity index (χ2n) is 7.74. The molecule has 1 aliphatic heterocycles. The lowest BCUT2D eigenvalue weighted by molar-refractivity contribution is 0.0118. The van der Waals surface area contributed by atoms with E-state index in [2.05, 4.69) is 5.32 Å². The maximum Gasteiger partial charge on any atom is 0.407 e. The summed E-state index contributed by atoms with van der Waals surface area (Å²) in [6, 6.07) is 9.84. The Hall–Kier alpha value is -1.66. The first-order valence-electron chi connectivity index (χ1n) is 8.64. The van der Waals surface area contributed by atoms with Crippen molar-refractivity contribution in [1.82, 2.24) is 10.2 Å². The van der Waals surface area contributed by atoms with Gasteiger partial charge in [0.15, 0.2) is 0 Å². The maximum atomic E-state index is 14.0. The van der Waals surface area contributed by atoms with Gasteiger partial charge in [-0.1, -0.05) is 30.3 Å². The van der Waals surface area contributed by atoms with E-state index in [0.29, 0.717) is 26.2 Å². The first-order valence-corrected chi connectivity index (χ1v) is 8.64. The summed E-state index contributed by atoms with van der Waals surface area (Å²) in [5.41, 5.74) is -0.0636. The average Bonchev–Trinajstić information content (AvgIpc) is 2.79. The molecule has 1 aromatic rings.